The highest BCUT2D eigenvalue weighted by molar-refractivity contribution is 6.00. The van der Waals surface area contributed by atoms with Gasteiger partial charge in [-0.25, -0.2) is 0 Å². The number of anilines is 1. The maximum absolute atomic E-state index is 12.9. The van der Waals surface area contributed by atoms with Crippen molar-refractivity contribution in [2.45, 2.75) is 98.1 Å². The molecule has 0 aliphatic heterocycles. The molecule has 1 aromatic carbocycles. The van der Waals surface area contributed by atoms with Crippen molar-refractivity contribution >= 4 is 41.2 Å². The van der Waals surface area contributed by atoms with Gasteiger partial charge in [0.05, 0.1) is 17.9 Å². The normalized spacial score (nSPS) is 13.3. The molecule has 5 amide bonds. The minimum atomic E-state index is -1.31. The molecule has 1 aromatic rings. The van der Waals surface area contributed by atoms with Gasteiger partial charge in [0.25, 0.3) is 0 Å². The van der Waals surface area contributed by atoms with Crippen molar-refractivity contribution in [2.24, 2.45) is 11.7 Å². The maximum atomic E-state index is 12.9. The van der Waals surface area contributed by atoms with E-state index in [1.54, 1.807) is 38.1 Å². The quantitative estimate of drug-likeness (QED) is 0.167. The summed E-state index contributed by atoms with van der Waals surface area (Å²) in [4.78, 5) is 73.7. The van der Waals surface area contributed by atoms with Crippen molar-refractivity contribution in [1.82, 2.24) is 16.0 Å². The summed E-state index contributed by atoms with van der Waals surface area (Å²) in [5, 5.41) is 10.1. The van der Waals surface area contributed by atoms with Gasteiger partial charge in [-0.2, -0.15) is 0 Å². The van der Waals surface area contributed by atoms with E-state index in [0.29, 0.717) is 24.3 Å². The molecule has 0 aromatic heterocycles. The molecule has 0 saturated heterocycles. The van der Waals surface area contributed by atoms with Crippen LogP contribution < -0.4 is 27.0 Å². The molecule has 0 aliphatic carbocycles. The Balaban J connectivity index is 2.69. The van der Waals surface area contributed by atoms with Gasteiger partial charge in [0.2, 0.25) is 29.5 Å². The fourth-order valence-corrected chi connectivity index (χ4v) is 3.60. The highest BCUT2D eigenvalue weighted by Crippen LogP contribution is 2.16. The molecule has 0 fully saturated rings. The number of benzene rings is 1. The first kappa shape index (κ1) is 36.0. The highest BCUT2D eigenvalue weighted by Gasteiger charge is 2.27. The fraction of sp³-hybridized carbons (Fsp3) is 0.586. The molecular weight excluding hydrogens is 546 g/mol. The van der Waals surface area contributed by atoms with Crippen LogP contribution in [-0.4, -0.2) is 65.8 Å². The number of nitrogens with one attached hydrogen (secondary N) is 4. The minimum Gasteiger partial charge on any atom is -0.461 e. The van der Waals surface area contributed by atoms with Crippen molar-refractivity contribution in [3.63, 3.8) is 0 Å². The number of amides is 5. The number of carbonyl (C=O) groups is 6. The Hall–Kier alpha value is -4.00. The highest BCUT2D eigenvalue weighted by atomic mass is 16.5. The van der Waals surface area contributed by atoms with Crippen LogP contribution >= 0.6 is 0 Å². The number of esters is 1. The molecule has 234 valence electrons. The van der Waals surface area contributed by atoms with E-state index < -0.39 is 53.8 Å². The topological polar surface area (TPSA) is 195 Å². The molecule has 0 radical (unpaired) electrons. The molecule has 42 heavy (non-hydrogen) atoms. The summed E-state index contributed by atoms with van der Waals surface area (Å²) in [6.07, 6.45) is 0.131. The van der Waals surface area contributed by atoms with Crippen molar-refractivity contribution in [3.05, 3.63) is 29.8 Å². The first-order valence-electron chi connectivity index (χ1n) is 13.9. The zero-order chi connectivity index (χ0) is 32.0. The van der Waals surface area contributed by atoms with Gasteiger partial charge in [-0.15, -0.1) is 0 Å². The SMILES string of the molecule is CCOC(C)(C)CCC(=O)N[C@@H](C)C(=O)N[C@@H](C)C(=O)N[C@@H](CC(N)=O)C(=O)Nc1ccc(COC(=O)C(C)C)cc1. The minimum absolute atomic E-state index is 0.0730. The number of hydrogen-bond donors (Lipinski definition) is 5. The second kappa shape index (κ2) is 17.1. The van der Waals surface area contributed by atoms with Crippen LogP contribution in [0.2, 0.25) is 0 Å². The average Bonchev–Trinajstić information content (AvgIpc) is 2.90. The Morgan fingerprint density at radius 3 is 1.98 bits per heavy atom. The first-order chi connectivity index (χ1) is 19.5. The van der Waals surface area contributed by atoms with Gasteiger partial charge in [-0.05, 0) is 58.7 Å². The number of carbonyl (C=O) groups excluding carboxylic acids is 6. The lowest BCUT2D eigenvalue weighted by atomic mass is 10.0. The van der Waals surface area contributed by atoms with Crippen LogP contribution in [0.15, 0.2) is 24.3 Å². The summed E-state index contributed by atoms with van der Waals surface area (Å²) < 4.78 is 10.7. The van der Waals surface area contributed by atoms with Crippen LogP contribution in [0, 0.1) is 5.92 Å². The van der Waals surface area contributed by atoms with E-state index in [-0.39, 0.29) is 30.8 Å². The Bertz CT molecular complexity index is 1100. The smallest absolute Gasteiger partial charge is 0.308 e. The third-order valence-corrected chi connectivity index (χ3v) is 6.12. The van der Waals surface area contributed by atoms with Gasteiger partial charge in [0, 0.05) is 18.7 Å². The van der Waals surface area contributed by atoms with E-state index in [9.17, 15) is 28.8 Å². The van der Waals surface area contributed by atoms with Crippen molar-refractivity contribution in [3.8, 4) is 0 Å². The molecule has 0 aliphatic rings. The van der Waals surface area contributed by atoms with E-state index >= 15 is 0 Å². The third-order valence-electron chi connectivity index (χ3n) is 6.12. The molecule has 6 N–H and O–H groups in total. The molecule has 0 heterocycles. The van der Waals surface area contributed by atoms with Crippen LogP contribution in [0.5, 0.6) is 0 Å². The van der Waals surface area contributed by atoms with Gasteiger partial charge >= 0.3 is 5.97 Å². The monoisotopic (exact) mass is 591 g/mol. The number of rotatable bonds is 17. The lowest BCUT2D eigenvalue weighted by Crippen LogP contribution is -2.55. The second-order valence-corrected chi connectivity index (χ2v) is 10.9. The number of hydrogen-bond acceptors (Lipinski definition) is 8. The van der Waals surface area contributed by atoms with Gasteiger partial charge in [-0.1, -0.05) is 26.0 Å². The van der Waals surface area contributed by atoms with Gasteiger partial charge < -0.3 is 36.5 Å². The zero-order valence-corrected chi connectivity index (χ0v) is 25.5. The third kappa shape index (κ3) is 13.6. The van der Waals surface area contributed by atoms with Gasteiger partial charge in [-0.3, -0.25) is 28.8 Å². The van der Waals surface area contributed by atoms with Crippen LogP contribution in [0.4, 0.5) is 5.69 Å². The molecule has 13 heteroatoms. The Labute approximate surface area is 247 Å². The molecule has 1 rings (SSSR count). The van der Waals surface area contributed by atoms with Crippen LogP contribution in [0.1, 0.15) is 73.3 Å². The van der Waals surface area contributed by atoms with Crippen LogP contribution in [0.3, 0.4) is 0 Å². The van der Waals surface area contributed by atoms with E-state index in [1.165, 1.54) is 13.8 Å². The van der Waals surface area contributed by atoms with Crippen LogP contribution in [0.25, 0.3) is 0 Å². The largest absolute Gasteiger partial charge is 0.461 e. The van der Waals surface area contributed by atoms with Crippen LogP contribution in [-0.2, 0) is 44.8 Å². The van der Waals surface area contributed by atoms with E-state index in [1.807, 2.05) is 20.8 Å². The van der Waals surface area contributed by atoms with Crippen molar-refractivity contribution < 1.29 is 38.2 Å². The molecule has 0 saturated carbocycles. The average molecular weight is 592 g/mol. The number of primary amides is 1. The van der Waals surface area contributed by atoms with E-state index in [2.05, 4.69) is 21.3 Å². The molecular formula is C29H45N5O8. The van der Waals surface area contributed by atoms with Gasteiger partial charge in [0.15, 0.2) is 0 Å². The Morgan fingerprint density at radius 1 is 0.857 bits per heavy atom. The van der Waals surface area contributed by atoms with Gasteiger partial charge in [0.1, 0.15) is 24.7 Å². The summed E-state index contributed by atoms with van der Waals surface area (Å²) >= 11 is 0. The molecule has 13 nitrogen and oxygen atoms in total. The summed E-state index contributed by atoms with van der Waals surface area (Å²) in [7, 11) is 0. The molecule has 3 atom stereocenters. The Kier molecular flexibility index (Phi) is 14.6. The maximum Gasteiger partial charge on any atom is 0.308 e. The summed E-state index contributed by atoms with van der Waals surface area (Å²) in [5.41, 5.74) is 5.88. The Morgan fingerprint density at radius 2 is 1.43 bits per heavy atom. The van der Waals surface area contributed by atoms with E-state index in [0.717, 1.165) is 0 Å². The first-order valence-corrected chi connectivity index (χ1v) is 13.9. The summed E-state index contributed by atoms with van der Waals surface area (Å²) in [5.74, 6) is -3.79. The number of ether oxygens (including phenoxy) is 2. The molecule has 0 spiro atoms. The van der Waals surface area contributed by atoms with E-state index in [4.69, 9.17) is 15.2 Å². The fourth-order valence-electron chi connectivity index (χ4n) is 3.60. The predicted octanol–water partition coefficient (Wildman–Crippen LogP) is 1.29. The lowest BCUT2D eigenvalue weighted by molar-refractivity contribution is -0.148. The molecule has 0 unspecified atom stereocenters. The summed E-state index contributed by atoms with van der Waals surface area (Å²) in [6, 6.07) is 3.14. The standard InChI is InChI=1S/C29H45N5O8/c1-8-42-29(6,7)14-13-24(36)31-18(4)25(37)32-19(5)26(38)34-22(15-23(30)35)27(39)33-21-11-9-20(10-12-21)16-41-28(40)17(2)3/h9-12,17-19,22H,8,13-16H2,1-7H3,(H2,30,35)(H,31,36)(H,32,37)(H,33,39)(H,34,38)/t18-,19-,22-/m0/s1. The lowest BCUT2D eigenvalue weighted by Gasteiger charge is -2.25. The zero-order valence-electron chi connectivity index (χ0n) is 25.5. The van der Waals surface area contributed by atoms with Crippen molar-refractivity contribution in [1.29, 1.82) is 0 Å². The predicted molar refractivity (Wildman–Crippen MR) is 156 cm³/mol. The summed E-state index contributed by atoms with van der Waals surface area (Å²) in [6.45, 7) is 12.5. The van der Waals surface area contributed by atoms with Crippen molar-refractivity contribution in [2.75, 3.05) is 11.9 Å². The number of nitrogens with two attached hydrogens (primary N) is 1. The molecule has 0 bridgehead atoms. The second-order valence-electron chi connectivity index (χ2n) is 10.9.